The Morgan fingerprint density at radius 1 is 1.17 bits per heavy atom. The average Bonchev–Trinajstić information content (AvgIpc) is 2.46. The number of halogens is 1. The zero-order valence-electron chi connectivity index (χ0n) is 14.8. The highest BCUT2D eigenvalue weighted by molar-refractivity contribution is 6.30. The van der Waals surface area contributed by atoms with E-state index in [1.165, 1.54) is 0 Å². The van der Waals surface area contributed by atoms with Crippen LogP contribution in [0.15, 0.2) is 24.3 Å². The molecule has 0 bridgehead atoms. The van der Waals surface area contributed by atoms with E-state index in [9.17, 15) is 4.79 Å². The predicted molar refractivity (Wildman–Crippen MR) is 95.8 cm³/mol. The van der Waals surface area contributed by atoms with Gasteiger partial charge in [-0.3, -0.25) is 14.6 Å². The van der Waals surface area contributed by atoms with E-state index >= 15 is 0 Å². The Kier molecular flexibility index (Phi) is 5.71. The number of hydrogen-bond acceptors (Lipinski definition) is 3. The van der Waals surface area contributed by atoms with Crippen LogP contribution in [-0.4, -0.2) is 66.4 Å². The van der Waals surface area contributed by atoms with E-state index in [1.54, 1.807) is 0 Å². The molecule has 0 saturated carbocycles. The van der Waals surface area contributed by atoms with Crippen molar-refractivity contribution in [1.82, 2.24) is 14.7 Å². The molecule has 1 aliphatic heterocycles. The third-order valence-corrected chi connectivity index (χ3v) is 4.69. The molecule has 0 N–H and O–H groups in total. The Bertz CT molecular complexity index is 545. The van der Waals surface area contributed by atoms with Crippen LogP contribution in [-0.2, 0) is 4.79 Å². The SMILES string of the molecule is CN(C)C(C(=O)N1CCN(C(C)(C)C)CC1)c1cccc(Cl)c1. The molecule has 4 nitrogen and oxygen atoms in total. The van der Waals surface area contributed by atoms with Crippen molar-refractivity contribution in [3.8, 4) is 0 Å². The second kappa shape index (κ2) is 7.20. The molecule has 1 aliphatic rings. The summed E-state index contributed by atoms with van der Waals surface area (Å²) in [4.78, 5) is 19.4. The fraction of sp³-hybridized carbons (Fsp3) is 0.611. The number of nitrogens with zero attached hydrogens (tertiary/aromatic N) is 3. The Balaban J connectivity index is 2.11. The summed E-state index contributed by atoms with van der Waals surface area (Å²) >= 11 is 6.10. The van der Waals surface area contributed by atoms with Crippen LogP contribution in [0.2, 0.25) is 5.02 Å². The first-order chi connectivity index (χ1) is 10.7. The van der Waals surface area contributed by atoms with Gasteiger partial charge in [-0.15, -0.1) is 0 Å². The minimum absolute atomic E-state index is 0.156. The van der Waals surface area contributed by atoms with Crippen molar-refractivity contribution in [2.75, 3.05) is 40.3 Å². The van der Waals surface area contributed by atoms with Gasteiger partial charge < -0.3 is 4.90 Å². The van der Waals surface area contributed by atoms with E-state index in [-0.39, 0.29) is 17.5 Å². The summed E-state index contributed by atoms with van der Waals surface area (Å²) in [6.45, 7) is 10.1. The van der Waals surface area contributed by atoms with Gasteiger partial charge in [-0.25, -0.2) is 0 Å². The maximum absolute atomic E-state index is 13.0. The molecule has 128 valence electrons. The van der Waals surface area contributed by atoms with Gasteiger partial charge in [-0.1, -0.05) is 23.7 Å². The van der Waals surface area contributed by atoms with Crippen molar-refractivity contribution in [1.29, 1.82) is 0 Å². The minimum Gasteiger partial charge on any atom is -0.338 e. The molecular weight excluding hydrogens is 310 g/mol. The zero-order valence-corrected chi connectivity index (χ0v) is 15.6. The Hall–Kier alpha value is -1.10. The average molecular weight is 338 g/mol. The lowest BCUT2D eigenvalue weighted by Gasteiger charge is -2.43. The number of hydrogen-bond donors (Lipinski definition) is 0. The lowest BCUT2D eigenvalue weighted by molar-refractivity contribution is -0.138. The van der Waals surface area contributed by atoms with Crippen molar-refractivity contribution in [3.63, 3.8) is 0 Å². The Labute approximate surface area is 145 Å². The predicted octanol–water partition coefficient (Wildman–Crippen LogP) is 2.89. The lowest BCUT2D eigenvalue weighted by atomic mass is 10.0. The van der Waals surface area contributed by atoms with Crippen LogP contribution in [0.5, 0.6) is 0 Å². The molecule has 1 saturated heterocycles. The molecule has 1 amide bonds. The quantitative estimate of drug-likeness (QED) is 0.848. The number of carbonyl (C=O) groups is 1. The Morgan fingerprint density at radius 3 is 2.26 bits per heavy atom. The first kappa shape index (κ1) is 18.2. The van der Waals surface area contributed by atoms with Crippen molar-refractivity contribution >= 4 is 17.5 Å². The summed E-state index contributed by atoms with van der Waals surface area (Å²) in [6, 6.07) is 7.31. The smallest absolute Gasteiger partial charge is 0.244 e. The standard InChI is InChI=1S/C18H28ClN3O/c1-18(2,3)22-11-9-21(10-12-22)17(23)16(20(4)5)14-7-6-8-15(19)13-14/h6-8,13,16H,9-12H2,1-5H3. The fourth-order valence-corrected chi connectivity index (χ4v) is 3.31. The largest absolute Gasteiger partial charge is 0.338 e. The Morgan fingerprint density at radius 2 is 1.78 bits per heavy atom. The molecule has 0 aliphatic carbocycles. The summed E-state index contributed by atoms with van der Waals surface area (Å²) < 4.78 is 0. The maximum atomic E-state index is 13.0. The van der Waals surface area contributed by atoms with Crippen LogP contribution in [0.25, 0.3) is 0 Å². The highest BCUT2D eigenvalue weighted by Crippen LogP contribution is 2.25. The maximum Gasteiger partial charge on any atom is 0.244 e. The van der Waals surface area contributed by atoms with Crippen LogP contribution in [0, 0.1) is 0 Å². The molecule has 23 heavy (non-hydrogen) atoms. The number of rotatable bonds is 3. The number of amides is 1. The van der Waals surface area contributed by atoms with Gasteiger partial charge in [0.1, 0.15) is 6.04 Å². The molecule has 2 rings (SSSR count). The van der Waals surface area contributed by atoms with E-state index in [4.69, 9.17) is 11.6 Å². The highest BCUT2D eigenvalue weighted by Gasteiger charge is 2.32. The van der Waals surface area contributed by atoms with E-state index < -0.39 is 0 Å². The van der Waals surface area contributed by atoms with Gasteiger partial charge in [0.25, 0.3) is 0 Å². The van der Waals surface area contributed by atoms with Gasteiger partial charge in [0.05, 0.1) is 0 Å². The molecule has 1 heterocycles. The van der Waals surface area contributed by atoms with Crippen LogP contribution in [0.3, 0.4) is 0 Å². The zero-order chi connectivity index (χ0) is 17.2. The second-order valence-electron chi connectivity index (χ2n) is 7.40. The van der Waals surface area contributed by atoms with E-state index in [1.807, 2.05) is 48.2 Å². The van der Waals surface area contributed by atoms with Crippen LogP contribution < -0.4 is 0 Å². The van der Waals surface area contributed by atoms with Crippen LogP contribution >= 0.6 is 11.6 Å². The highest BCUT2D eigenvalue weighted by atomic mass is 35.5. The number of carbonyl (C=O) groups excluding carboxylic acids is 1. The molecule has 0 spiro atoms. The summed E-state index contributed by atoms with van der Waals surface area (Å²) in [5.41, 5.74) is 1.11. The van der Waals surface area contributed by atoms with Crippen LogP contribution in [0.4, 0.5) is 0 Å². The summed E-state index contributed by atoms with van der Waals surface area (Å²) in [6.07, 6.45) is 0. The lowest BCUT2D eigenvalue weighted by Crippen LogP contribution is -2.56. The van der Waals surface area contributed by atoms with Crippen molar-refractivity contribution in [2.24, 2.45) is 0 Å². The minimum atomic E-state index is -0.283. The fourth-order valence-electron chi connectivity index (χ4n) is 3.11. The number of piperazine rings is 1. The molecule has 1 aromatic carbocycles. The topological polar surface area (TPSA) is 26.8 Å². The van der Waals surface area contributed by atoms with Gasteiger partial charge >= 0.3 is 0 Å². The van der Waals surface area contributed by atoms with Crippen molar-refractivity contribution in [2.45, 2.75) is 32.4 Å². The van der Waals surface area contributed by atoms with Crippen molar-refractivity contribution in [3.05, 3.63) is 34.9 Å². The summed E-state index contributed by atoms with van der Waals surface area (Å²) in [5.74, 6) is 0.158. The molecule has 0 radical (unpaired) electrons. The molecule has 1 aromatic rings. The van der Waals surface area contributed by atoms with Gasteiger partial charge in [0.15, 0.2) is 0 Å². The normalized spacial score (nSPS) is 18.3. The van der Waals surface area contributed by atoms with Gasteiger partial charge in [0, 0.05) is 36.7 Å². The van der Waals surface area contributed by atoms with Gasteiger partial charge in [-0.05, 0) is 52.6 Å². The number of likely N-dealkylation sites (N-methyl/N-ethyl adjacent to an activating group) is 1. The summed E-state index contributed by atoms with van der Waals surface area (Å²) in [5, 5.41) is 0.666. The monoisotopic (exact) mass is 337 g/mol. The molecule has 5 heteroatoms. The molecule has 0 aromatic heterocycles. The first-order valence-corrected chi connectivity index (χ1v) is 8.53. The molecule has 1 atom stereocenters. The first-order valence-electron chi connectivity index (χ1n) is 8.16. The van der Waals surface area contributed by atoms with Crippen molar-refractivity contribution < 1.29 is 4.79 Å². The second-order valence-corrected chi connectivity index (χ2v) is 7.84. The van der Waals surface area contributed by atoms with E-state index in [2.05, 4.69) is 25.7 Å². The van der Waals surface area contributed by atoms with E-state index in [0.29, 0.717) is 5.02 Å². The van der Waals surface area contributed by atoms with Gasteiger partial charge in [-0.2, -0.15) is 0 Å². The summed E-state index contributed by atoms with van der Waals surface area (Å²) in [7, 11) is 3.88. The third kappa shape index (κ3) is 4.46. The van der Waals surface area contributed by atoms with E-state index in [0.717, 1.165) is 31.7 Å². The molecule has 1 unspecified atom stereocenters. The van der Waals surface area contributed by atoms with Crippen LogP contribution in [0.1, 0.15) is 32.4 Å². The molecular formula is C18H28ClN3O. The molecule has 1 fully saturated rings. The van der Waals surface area contributed by atoms with Gasteiger partial charge in [0.2, 0.25) is 5.91 Å². The number of benzene rings is 1. The third-order valence-electron chi connectivity index (χ3n) is 4.45.